The van der Waals surface area contributed by atoms with Crippen LogP contribution in [0.3, 0.4) is 0 Å². The first-order chi connectivity index (χ1) is 6.68. The minimum atomic E-state index is -1.18. The molecule has 0 rings (SSSR count). The fourth-order valence-corrected chi connectivity index (χ4v) is 2.10. The van der Waals surface area contributed by atoms with Crippen LogP contribution in [0.1, 0.15) is 27.7 Å². The Hall–Kier alpha value is -0.690. The summed E-state index contributed by atoms with van der Waals surface area (Å²) >= 11 is 0. The number of hydrogen-bond acceptors (Lipinski definition) is 4. The van der Waals surface area contributed by atoms with Gasteiger partial charge in [0.25, 0.3) is 0 Å². The number of carbonyl (C=O) groups is 1. The maximum atomic E-state index is 10.9. The highest BCUT2D eigenvalue weighted by Crippen LogP contribution is 2.25. The van der Waals surface area contributed by atoms with Crippen LogP contribution in [0.25, 0.3) is 0 Å². The van der Waals surface area contributed by atoms with E-state index in [-0.39, 0.29) is 0 Å². The van der Waals surface area contributed by atoms with E-state index in [1.165, 1.54) is 27.7 Å². The predicted molar refractivity (Wildman–Crippen MR) is 52.4 cm³/mol. The van der Waals surface area contributed by atoms with E-state index < -0.39 is 35.2 Å². The fourth-order valence-electron chi connectivity index (χ4n) is 2.10. The molecule has 90 valence electrons. The summed E-state index contributed by atoms with van der Waals surface area (Å²) in [6.07, 6.45) is -3.55. The van der Waals surface area contributed by atoms with Crippen molar-refractivity contribution in [3.63, 3.8) is 0 Å². The molecule has 0 saturated heterocycles. The van der Waals surface area contributed by atoms with Crippen LogP contribution in [0.15, 0.2) is 0 Å². The van der Waals surface area contributed by atoms with E-state index in [9.17, 15) is 20.1 Å². The lowest BCUT2D eigenvalue weighted by Crippen LogP contribution is -2.70. The number of carboxylic acid groups (broad SMARTS) is 1. The molecule has 0 aromatic carbocycles. The van der Waals surface area contributed by atoms with Crippen molar-refractivity contribution in [3.05, 3.63) is 0 Å². The molecule has 15 heavy (non-hydrogen) atoms. The van der Waals surface area contributed by atoms with Crippen LogP contribution >= 0.6 is 0 Å². The van der Waals surface area contributed by atoms with E-state index in [1.54, 1.807) is 0 Å². The Morgan fingerprint density at radius 1 is 0.933 bits per heavy atom. The normalized spacial score (nSPS) is 23.7. The van der Waals surface area contributed by atoms with Crippen molar-refractivity contribution < 1.29 is 29.7 Å². The fraction of sp³-hybridized carbons (Fsp3) is 0.889. The third-order valence-corrected chi connectivity index (χ3v) is 2.97. The number of nitrogens with zero attached hydrogens (tertiary/aromatic N) is 1. The van der Waals surface area contributed by atoms with Crippen LogP contribution in [-0.4, -0.2) is 55.6 Å². The van der Waals surface area contributed by atoms with Gasteiger partial charge >= 0.3 is 5.97 Å². The average Bonchev–Trinajstić information content (AvgIpc) is 2.02. The lowest BCUT2D eigenvalue weighted by atomic mass is 10.1. The zero-order valence-corrected chi connectivity index (χ0v) is 9.45. The van der Waals surface area contributed by atoms with Crippen molar-refractivity contribution in [2.24, 2.45) is 0 Å². The Balaban J connectivity index is 5.42. The molecule has 0 aliphatic heterocycles. The molecule has 0 spiro atoms. The van der Waals surface area contributed by atoms with Crippen molar-refractivity contribution >= 4 is 5.97 Å². The van der Waals surface area contributed by atoms with Gasteiger partial charge in [-0.25, -0.2) is 9.28 Å². The highest BCUT2D eigenvalue weighted by molar-refractivity contribution is 5.71. The summed E-state index contributed by atoms with van der Waals surface area (Å²) in [5.74, 6) is -1.18. The molecule has 0 amide bonds. The van der Waals surface area contributed by atoms with Crippen molar-refractivity contribution in [1.82, 2.24) is 0 Å². The Labute approximate surface area is 89.0 Å². The summed E-state index contributed by atoms with van der Waals surface area (Å²) in [6, 6.07) is -1.11. The molecular formula is C9H20NO5+. The molecule has 4 atom stereocenters. The van der Waals surface area contributed by atoms with Gasteiger partial charge in [-0.3, -0.25) is 0 Å². The van der Waals surface area contributed by atoms with Crippen LogP contribution in [0.2, 0.25) is 0 Å². The van der Waals surface area contributed by atoms with Gasteiger partial charge in [-0.15, -0.1) is 0 Å². The van der Waals surface area contributed by atoms with E-state index in [1.807, 2.05) is 0 Å². The van der Waals surface area contributed by atoms with Gasteiger partial charge in [0, 0.05) is 20.8 Å². The molecule has 0 aliphatic carbocycles. The summed E-state index contributed by atoms with van der Waals surface area (Å²) in [6.45, 7) is 5.38. The van der Waals surface area contributed by atoms with Crippen LogP contribution in [0.5, 0.6) is 0 Å². The van der Waals surface area contributed by atoms with Crippen molar-refractivity contribution in [2.45, 2.75) is 52.4 Å². The number of hydrogen-bond donors (Lipinski definition) is 4. The number of carboxylic acids is 1. The molecule has 0 heterocycles. The third-order valence-electron chi connectivity index (χ3n) is 2.97. The van der Waals surface area contributed by atoms with Gasteiger partial charge in [-0.05, 0) is 6.92 Å². The van der Waals surface area contributed by atoms with Crippen LogP contribution < -0.4 is 0 Å². The molecule has 0 bridgehead atoms. The molecule has 0 saturated carbocycles. The maximum Gasteiger partial charge on any atom is 0.362 e. The quantitative estimate of drug-likeness (QED) is 0.364. The third kappa shape index (κ3) is 2.28. The number of aliphatic hydroxyl groups is 3. The van der Waals surface area contributed by atoms with E-state index in [0.29, 0.717) is 0 Å². The predicted octanol–water partition coefficient (Wildman–Crippen LogP) is -0.709. The standard InChI is InChI=1S/C9H19NO5/c1-5(9(14)15)10(6(2)11,7(3)12)8(4)13/h5-8,11-13H,1-4H3/p+1. The summed E-state index contributed by atoms with van der Waals surface area (Å²) in [5, 5.41) is 37.8. The molecule has 6 heteroatoms. The second kappa shape index (κ2) is 4.89. The lowest BCUT2D eigenvalue weighted by molar-refractivity contribution is -1.05. The molecule has 4 unspecified atom stereocenters. The second-order valence-electron chi connectivity index (χ2n) is 3.80. The molecule has 0 fully saturated rings. The Kier molecular flexibility index (Phi) is 4.66. The zero-order valence-electron chi connectivity index (χ0n) is 9.45. The monoisotopic (exact) mass is 222 g/mol. The van der Waals surface area contributed by atoms with Gasteiger partial charge in [0.2, 0.25) is 0 Å². The first-order valence-corrected chi connectivity index (χ1v) is 4.83. The first kappa shape index (κ1) is 14.3. The van der Waals surface area contributed by atoms with Gasteiger partial charge < -0.3 is 20.4 Å². The number of quaternary nitrogens is 1. The highest BCUT2D eigenvalue weighted by atomic mass is 16.4. The smallest absolute Gasteiger partial charge is 0.362 e. The van der Waals surface area contributed by atoms with E-state index in [2.05, 4.69) is 0 Å². The Morgan fingerprint density at radius 3 is 1.27 bits per heavy atom. The van der Waals surface area contributed by atoms with Gasteiger partial charge in [-0.2, -0.15) is 0 Å². The topological polar surface area (TPSA) is 98.0 Å². The van der Waals surface area contributed by atoms with Crippen molar-refractivity contribution in [2.75, 3.05) is 0 Å². The SMILES string of the molecule is CC(O)[N+](C(C)O)(C(C)O)C(C)C(=O)O. The molecule has 6 nitrogen and oxygen atoms in total. The van der Waals surface area contributed by atoms with Crippen LogP contribution in [0.4, 0.5) is 0 Å². The summed E-state index contributed by atoms with van der Waals surface area (Å²) in [7, 11) is 0. The van der Waals surface area contributed by atoms with Crippen molar-refractivity contribution in [3.8, 4) is 0 Å². The number of aliphatic hydroxyl groups excluding tert-OH is 3. The summed E-state index contributed by atoms with van der Waals surface area (Å²) < 4.78 is -0.699. The van der Waals surface area contributed by atoms with E-state index in [4.69, 9.17) is 5.11 Å². The number of aliphatic carboxylic acids is 1. The minimum Gasteiger partial charge on any atom is -0.477 e. The molecule has 0 aliphatic rings. The lowest BCUT2D eigenvalue weighted by Gasteiger charge is -2.47. The number of rotatable bonds is 5. The summed E-state index contributed by atoms with van der Waals surface area (Å²) in [4.78, 5) is 10.9. The van der Waals surface area contributed by atoms with Gasteiger partial charge in [0.1, 0.15) is 0 Å². The van der Waals surface area contributed by atoms with E-state index >= 15 is 0 Å². The highest BCUT2D eigenvalue weighted by Gasteiger charge is 2.50. The Bertz CT molecular complexity index is 205. The first-order valence-electron chi connectivity index (χ1n) is 4.83. The average molecular weight is 222 g/mol. The minimum absolute atomic E-state index is 0.699. The van der Waals surface area contributed by atoms with Crippen molar-refractivity contribution in [1.29, 1.82) is 0 Å². The molecule has 4 N–H and O–H groups in total. The molecule has 0 radical (unpaired) electrons. The maximum absolute atomic E-state index is 10.9. The van der Waals surface area contributed by atoms with Crippen LogP contribution in [-0.2, 0) is 4.79 Å². The second-order valence-corrected chi connectivity index (χ2v) is 3.80. The van der Waals surface area contributed by atoms with Crippen LogP contribution in [0, 0.1) is 0 Å². The van der Waals surface area contributed by atoms with Gasteiger partial charge in [0.15, 0.2) is 24.7 Å². The summed E-state index contributed by atoms with van der Waals surface area (Å²) in [5.41, 5.74) is 0. The molecule has 0 aromatic heterocycles. The van der Waals surface area contributed by atoms with E-state index in [0.717, 1.165) is 0 Å². The van der Waals surface area contributed by atoms with Gasteiger partial charge in [0.05, 0.1) is 0 Å². The zero-order chi connectivity index (χ0) is 12.4. The molecular weight excluding hydrogens is 202 g/mol. The Morgan fingerprint density at radius 2 is 1.20 bits per heavy atom. The molecule has 0 aromatic rings. The van der Waals surface area contributed by atoms with Gasteiger partial charge in [-0.1, -0.05) is 0 Å². The largest absolute Gasteiger partial charge is 0.477 e.